The molecule has 4 nitrogen and oxygen atoms in total. The van der Waals surface area contributed by atoms with Crippen molar-refractivity contribution < 1.29 is 9.90 Å². The maximum absolute atomic E-state index is 10.9. The zero-order chi connectivity index (χ0) is 14.5. The van der Waals surface area contributed by atoms with E-state index in [2.05, 4.69) is 9.88 Å². The van der Waals surface area contributed by atoms with Gasteiger partial charge in [-0.3, -0.25) is 9.88 Å². The highest BCUT2D eigenvalue weighted by atomic mass is 16.4. The fourth-order valence-corrected chi connectivity index (χ4v) is 2.12. The van der Waals surface area contributed by atoms with Crippen LogP contribution in [0, 0.1) is 6.92 Å². The highest BCUT2D eigenvalue weighted by Gasteiger charge is 2.08. The van der Waals surface area contributed by atoms with Crippen molar-refractivity contribution in [1.82, 2.24) is 9.88 Å². The van der Waals surface area contributed by atoms with E-state index in [1.165, 1.54) is 0 Å². The van der Waals surface area contributed by atoms with Crippen LogP contribution < -0.4 is 0 Å². The van der Waals surface area contributed by atoms with Crippen LogP contribution in [0.25, 0.3) is 0 Å². The quantitative estimate of drug-likeness (QED) is 0.907. The second-order valence-electron chi connectivity index (χ2n) is 4.94. The average molecular weight is 270 g/mol. The molecule has 0 radical (unpaired) electrons. The lowest BCUT2D eigenvalue weighted by molar-refractivity contribution is 0.0696. The lowest BCUT2D eigenvalue weighted by Gasteiger charge is -2.17. The Morgan fingerprint density at radius 1 is 1.25 bits per heavy atom. The summed E-state index contributed by atoms with van der Waals surface area (Å²) in [5.41, 5.74) is 3.49. The van der Waals surface area contributed by atoms with Gasteiger partial charge in [0, 0.05) is 19.3 Å². The molecule has 20 heavy (non-hydrogen) atoms. The van der Waals surface area contributed by atoms with Crippen molar-refractivity contribution in [3.05, 3.63) is 65.0 Å². The Morgan fingerprint density at radius 3 is 2.65 bits per heavy atom. The third kappa shape index (κ3) is 3.65. The molecular weight excluding hydrogens is 252 g/mol. The lowest BCUT2D eigenvalue weighted by atomic mass is 10.0. The first-order valence-corrected chi connectivity index (χ1v) is 6.47. The van der Waals surface area contributed by atoms with Crippen molar-refractivity contribution in [2.24, 2.45) is 0 Å². The fraction of sp³-hybridized carbons (Fsp3) is 0.250. The zero-order valence-electron chi connectivity index (χ0n) is 11.7. The summed E-state index contributed by atoms with van der Waals surface area (Å²) in [5, 5.41) is 8.96. The molecule has 0 fully saturated rings. The molecule has 0 saturated heterocycles. The van der Waals surface area contributed by atoms with E-state index in [4.69, 9.17) is 5.11 Å². The van der Waals surface area contributed by atoms with Crippen LogP contribution in [0.3, 0.4) is 0 Å². The molecule has 0 amide bonds. The molecule has 104 valence electrons. The Kier molecular flexibility index (Phi) is 4.48. The summed E-state index contributed by atoms with van der Waals surface area (Å²) >= 11 is 0. The fourth-order valence-electron chi connectivity index (χ4n) is 2.12. The van der Waals surface area contributed by atoms with Crippen LogP contribution in [0.1, 0.15) is 27.2 Å². The Labute approximate surface area is 118 Å². The first-order valence-electron chi connectivity index (χ1n) is 6.47. The maximum Gasteiger partial charge on any atom is 0.335 e. The van der Waals surface area contributed by atoms with Gasteiger partial charge in [0.15, 0.2) is 0 Å². The number of pyridine rings is 1. The number of carbonyl (C=O) groups is 1. The van der Waals surface area contributed by atoms with Crippen LogP contribution in [0.15, 0.2) is 42.6 Å². The van der Waals surface area contributed by atoms with E-state index in [1.54, 1.807) is 18.3 Å². The summed E-state index contributed by atoms with van der Waals surface area (Å²) < 4.78 is 0. The van der Waals surface area contributed by atoms with Crippen LogP contribution in [0.5, 0.6) is 0 Å². The third-order valence-corrected chi connectivity index (χ3v) is 3.19. The molecule has 0 bridgehead atoms. The van der Waals surface area contributed by atoms with Gasteiger partial charge in [-0.25, -0.2) is 4.79 Å². The first-order chi connectivity index (χ1) is 9.56. The third-order valence-electron chi connectivity index (χ3n) is 3.19. The standard InChI is InChI=1S/C16H18N2O2/c1-12-9-13(16(19)20)6-7-14(12)10-18(2)11-15-5-3-4-8-17-15/h3-9H,10-11H2,1-2H3,(H,19,20). The molecule has 0 unspecified atom stereocenters. The van der Waals surface area contributed by atoms with E-state index in [-0.39, 0.29) is 0 Å². The smallest absolute Gasteiger partial charge is 0.335 e. The molecule has 0 spiro atoms. The molecule has 0 aliphatic rings. The summed E-state index contributed by atoms with van der Waals surface area (Å²) in [7, 11) is 2.03. The van der Waals surface area contributed by atoms with Crippen LogP contribution in [0.2, 0.25) is 0 Å². The number of benzene rings is 1. The van der Waals surface area contributed by atoms with Crippen molar-refractivity contribution in [3.63, 3.8) is 0 Å². The zero-order valence-corrected chi connectivity index (χ0v) is 11.7. The van der Waals surface area contributed by atoms with Gasteiger partial charge in [0.05, 0.1) is 11.3 Å². The molecule has 4 heteroatoms. The van der Waals surface area contributed by atoms with Gasteiger partial charge >= 0.3 is 5.97 Å². The molecular formula is C16H18N2O2. The van der Waals surface area contributed by atoms with Crippen molar-refractivity contribution >= 4 is 5.97 Å². The largest absolute Gasteiger partial charge is 0.478 e. The van der Waals surface area contributed by atoms with Gasteiger partial charge in [-0.1, -0.05) is 12.1 Å². The number of carboxylic acids is 1. The van der Waals surface area contributed by atoms with Crippen LogP contribution in [-0.2, 0) is 13.1 Å². The summed E-state index contributed by atoms with van der Waals surface area (Å²) in [5.74, 6) is -0.888. The van der Waals surface area contributed by atoms with Gasteiger partial charge < -0.3 is 5.11 Å². The molecule has 0 saturated carbocycles. The number of carboxylic acid groups (broad SMARTS) is 1. The molecule has 2 aromatic rings. The van der Waals surface area contributed by atoms with Crippen molar-refractivity contribution in [1.29, 1.82) is 0 Å². The first kappa shape index (κ1) is 14.2. The van der Waals surface area contributed by atoms with Gasteiger partial charge in [-0.05, 0) is 49.4 Å². The van der Waals surface area contributed by atoms with Gasteiger partial charge in [-0.15, -0.1) is 0 Å². The predicted octanol–water partition coefficient (Wildman–Crippen LogP) is 2.72. The molecule has 0 aliphatic heterocycles. The second kappa shape index (κ2) is 6.30. The lowest BCUT2D eigenvalue weighted by Crippen LogP contribution is -2.18. The summed E-state index contributed by atoms with van der Waals surface area (Å²) in [4.78, 5) is 17.4. The number of hydrogen-bond acceptors (Lipinski definition) is 3. The van der Waals surface area contributed by atoms with Gasteiger partial charge in [-0.2, -0.15) is 0 Å². The van der Waals surface area contributed by atoms with E-state index >= 15 is 0 Å². The Bertz CT molecular complexity index is 597. The van der Waals surface area contributed by atoms with E-state index < -0.39 is 5.97 Å². The summed E-state index contributed by atoms with van der Waals surface area (Å²) in [6.45, 7) is 3.47. The van der Waals surface area contributed by atoms with Gasteiger partial charge in [0.1, 0.15) is 0 Å². The van der Waals surface area contributed by atoms with Gasteiger partial charge in [0.25, 0.3) is 0 Å². The van der Waals surface area contributed by atoms with Crippen molar-refractivity contribution in [2.75, 3.05) is 7.05 Å². The minimum absolute atomic E-state index is 0.332. The number of aryl methyl sites for hydroxylation is 1. The van der Waals surface area contributed by atoms with E-state index in [9.17, 15) is 4.79 Å². The van der Waals surface area contributed by atoms with E-state index in [0.717, 1.165) is 29.9 Å². The molecule has 0 atom stereocenters. The number of nitrogens with zero attached hydrogens (tertiary/aromatic N) is 2. The molecule has 1 aromatic carbocycles. The maximum atomic E-state index is 10.9. The number of aromatic carboxylic acids is 1. The topological polar surface area (TPSA) is 53.4 Å². The monoisotopic (exact) mass is 270 g/mol. The van der Waals surface area contributed by atoms with Crippen LogP contribution >= 0.6 is 0 Å². The summed E-state index contributed by atoms with van der Waals surface area (Å²) in [6.07, 6.45) is 1.79. The molecule has 1 N–H and O–H groups in total. The number of aromatic nitrogens is 1. The molecule has 0 aliphatic carbocycles. The predicted molar refractivity (Wildman–Crippen MR) is 77.5 cm³/mol. The summed E-state index contributed by atoms with van der Waals surface area (Å²) in [6, 6.07) is 11.1. The molecule has 1 aromatic heterocycles. The normalized spacial score (nSPS) is 10.8. The van der Waals surface area contributed by atoms with Crippen molar-refractivity contribution in [2.45, 2.75) is 20.0 Å². The highest BCUT2D eigenvalue weighted by molar-refractivity contribution is 5.87. The Morgan fingerprint density at radius 2 is 2.05 bits per heavy atom. The highest BCUT2D eigenvalue weighted by Crippen LogP contribution is 2.14. The van der Waals surface area contributed by atoms with Gasteiger partial charge in [0.2, 0.25) is 0 Å². The van der Waals surface area contributed by atoms with E-state index in [0.29, 0.717) is 5.56 Å². The van der Waals surface area contributed by atoms with Crippen LogP contribution in [-0.4, -0.2) is 28.0 Å². The molecule has 2 rings (SSSR count). The number of rotatable bonds is 5. The SMILES string of the molecule is Cc1cc(C(=O)O)ccc1CN(C)Cc1ccccn1. The van der Waals surface area contributed by atoms with Crippen molar-refractivity contribution in [3.8, 4) is 0 Å². The Balaban J connectivity index is 2.04. The minimum Gasteiger partial charge on any atom is -0.478 e. The van der Waals surface area contributed by atoms with Crippen LogP contribution in [0.4, 0.5) is 0 Å². The number of hydrogen-bond donors (Lipinski definition) is 1. The average Bonchev–Trinajstić information content (AvgIpc) is 2.42. The second-order valence-corrected chi connectivity index (χ2v) is 4.94. The molecule has 1 heterocycles. The minimum atomic E-state index is -0.888. The van der Waals surface area contributed by atoms with E-state index in [1.807, 2.05) is 38.2 Å². The Hall–Kier alpha value is -2.20.